The zero-order valence-corrected chi connectivity index (χ0v) is 14.4. The number of hydrogen-bond donors (Lipinski definition) is 0. The zero-order chi connectivity index (χ0) is 17.6. The molecule has 1 amide bonds. The van der Waals surface area contributed by atoms with Crippen LogP contribution in [0.4, 0.5) is 8.78 Å². The molecule has 1 aromatic carbocycles. The van der Waals surface area contributed by atoms with Crippen molar-refractivity contribution >= 4 is 17.2 Å². The number of carbonyl (C=O) groups is 1. The Morgan fingerprint density at radius 2 is 2.16 bits per heavy atom. The van der Waals surface area contributed by atoms with Crippen LogP contribution in [-0.2, 0) is 11.3 Å². The molecule has 1 unspecified atom stereocenters. The average Bonchev–Trinajstić information content (AvgIpc) is 3.27. The molecule has 0 N–H and O–H groups in total. The van der Waals surface area contributed by atoms with Gasteiger partial charge in [0.15, 0.2) is 0 Å². The summed E-state index contributed by atoms with van der Waals surface area (Å²) in [4.78, 5) is 15.7. The first kappa shape index (κ1) is 17.8. The Kier molecular flexibility index (Phi) is 5.99. The molecule has 7 heteroatoms. The minimum absolute atomic E-state index is 0.0212. The molecule has 0 radical (unpaired) electrons. The zero-order valence-electron chi connectivity index (χ0n) is 13.6. The predicted octanol–water partition coefficient (Wildman–Crippen LogP) is 4.17. The van der Waals surface area contributed by atoms with Crippen molar-refractivity contribution in [2.45, 2.75) is 32.1 Å². The molecular weight excluding hydrogens is 348 g/mol. The Labute approximate surface area is 149 Å². The fourth-order valence-corrected chi connectivity index (χ4v) is 3.58. The van der Waals surface area contributed by atoms with Crippen molar-refractivity contribution in [1.29, 1.82) is 0 Å². The van der Waals surface area contributed by atoms with Gasteiger partial charge in [0.25, 0.3) is 5.91 Å². The highest BCUT2D eigenvalue weighted by Gasteiger charge is 2.26. The summed E-state index contributed by atoms with van der Waals surface area (Å²) in [6, 6.07) is 9.97. The smallest absolute Gasteiger partial charge is 0.387 e. The topological polar surface area (TPSA) is 38.8 Å². The van der Waals surface area contributed by atoms with Gasteiger partial charge in [-0.15, -0.1) is 11.3 Å². The second-order valence-electron chi connectivity index (χ2n) is 5.77. The Hall–Kier alpha value is -1.99. The molecule has 1 aliphatic heterocycles. The molecular formula is C18H19F2NO3S. The van der Waals surface area contributed by atoms with Gasteiger partial charge < -0.3 is 14.4 Å². The summed E-state index contributed by atoms with van der Waals surface area (Å²) < 4.78 is 35.4. The molecule has 1 fully saturated rings. The summed E-state index contributed by atoms with van der Waals surface area (Å²) in [5, 5.41) is 1.94. The molecule has 2 aromatic rings. The van der Waals surface area contributed by atoms with Gasteiger partial charge in [0.2, 0.25) is 0 Å². The van der Waals surface area contributed by atoms with Crippen molar-refractivity contribution in [3.8, 4) is 5.75 Å². The maximum atomic E-state index is 13.0. The molecule has 0 saturated carbocycles. The molecule has 1 aliphatic rings. The molecule has 0 aliphatic carbocycles. The quantitative estimate of drug-likeness (QED) is 0.737. The molecule has 25 heavy (non-hydrogen) atoms. The standard InChI is InChI=1S/C18H19F2NO3S/c19-18(20)24-16-8-2-1-7-15(16)17(22)21(11-13-5-3-9-23-13)12-14-6-4-10-25-14/h1-2,4,6-8,10,13,18H,3,5,9,11-12H2. The lowest BCUT2D eigenvalue weighted by molar-refractivity contribution is -0.0503. The van der Waals surface area contributed by atoms with Crippen LogP contribution in [0.3, 0.4) is 0 Å². The second-order valence-corrected chi connectivity index (χ2v) is 6.81. The van der Waals surface area contributed by atoms with Gasteiger partial charge in [-0.1, -0.05) is 18.2 Å². The third-order valence-corrected chi connectivity index (χ3v) is 4.86. The van der Waals surface area contributed by atoms with E-state index in [1.165, 1.54) is 12.1 Å². The lowest BCUT2D eigenvalue weighted by Crippen LogP contribution is -2.37. The monoisotopic (exact) mass is 367 g/mol. The van der Waals surface area contributed by atoms with Crippen LogP contribution < -0.4 is 4.74 Å². The minimum Gasteiger partial charge on any atom is -0.434 e. The van der Waals surface area contributed by atoms with Crippen molar-refractivity contribution in [1.82, 2.24) is 4.90 Å². The fraction of sp³-hybridized carbons (Fsp3) is 0.389. The molecule has 0 spiro atoms. The largest absolute Gasteiger partial charge is 0.434 e. The number of hydrogen-bond acceptors (Lipinski definition) is 4. The Morgan fingerprint density at radius 1 is 1.32 bits per heavy atom. The van der Waals surface area contributed by atoms with Crippen LogP contribution in [0.15, 0.2) is 41.8 Å². The maximum Gasteiger partial charge on any atom is 0.387 e. The van der Waals surface area contributed by atoms with E-state index < -0.39 is 6.61 Å². The van der Waals surface area contributed by atoms with E-state index in [0.29, 0.717) is 19.7 Å². The molecule has 1 aromatic heterocycles. The SMILES string of the molecule is O=C(c1ccccc1OC(F)F)N(Cc1cccs1)CC1CCCO1. The van der Waals surface area contributed by atoms with Gasteiger partial charge in [0.05, 0.1) is 18.2 Å². The first-order valence-corrected chi connectivity index (χ1v) is 8.98. The first-order valence-electron chi connectivity index (χ1n) is 8.10. The summed E-state index contributed by atoms with van der Waals surface area (Å²) >= 11 is 1.55. The summed E-state index contributed by atoms with van der Waals surface area (Å²) in [5.41, 5.74) is 0.136. The lowest BCUT2D eigenvalue weighted by Gasteiger charge is -2.26. The number of halogens is 2. The minimum atomic E-state index is -2.97. The molecule has 134 valence electrons. The molecule has 0 bridgehead atoms. The van der Waals surface area contributed by atoms with E-state index >= 15 is 0 Å². The molecule has 1 atom stereocenters. The van der Waals surface area contributed by atoms with Gasteiger partial charge in [-0.25, -0.2) is 0 Å². The first-order chi connectivity index (χ1) is 12.1. The Bertz CT molecular complexity index is 687. The van der Waals surface area contributed by atoms with E-state index in [9.17, 15) is 13.6 Å². The third-order valence-electron chi connectivity index (χ3n) is 4.00. The number of para-hydroxylation sites is 1. The maximum absolute atomic E-state index is 13.0. The molecule has 1 saturated heterocycles. The third kappa shape index (κ3) is 4.76. The van der Waals surface area contributed by atoms with Gasteiger partial charge in [-0.05, 0) is 36.4 Å². The Morgan fingerprint density at radius 3 is 2.84 bits per heavy atom. The van der Waals surface area contributed by atoms with Crippen molar-refractivity contribution < 1.29 is 23.0 Å². The summed E-state index contributed by atoms with van der Waals surface area (Å²) in [5.74, 6) is -0.439. The number of amides is 1. The summed E-state index contributed by atoms with van der Waals surface area (Å²) in [6.45, 7) is -1.44. The van der Waals surface area contributed by atoms with E-state index in [1.54, 1.807) is 28.4 Å². The van der Waals surface area contributed by atoms with Gasteiger partial charge in [0.1, 0.15) is 5.75 Å². The van der Waals surface area contributed by atoms with Crippen molar-refractivity contribution in [3.05, 3.63) is 52.2 Å². The number of benzene rings is 1. The molecule has 4 nitrogen and oxygen atoms in total. The highest BCUT2D eigenvalue weighted by molar-refractivity contribution is 7.09. The van der Waals surface area contributed by atoms with Crippen molar-refractivity contribution in [2.75, 3.05) is 13.2 Å². The number of carbonyl (C=O) groups excluding carboxylic acids is 1. The predicted molar refractivity (Wildman–Crippen MR) is 91.1 cm³/mol. The van der Waals surface area contributed by atoms with Crippen LogP contribution >= 0.6 is 11.3 Å². The summed E-state index contributed by atoms with van der Waals surface area (Å²) in [6.07, 6.45) is 1.84. The lowest BCUT2D eigenvalue weighted by atomic mass is 10.1. The van der Waals surface area contributed by atoms with Gasteiger partial charge in [0, 0.05) is 18.0 Å². The van der Waals surface area contributed by atoms with E-state index in [4.69, 9.17) is 4.74 Å². The van der Waals surface area contributed by atoms with Crippen LogP contribution in [0, 0.1) is 0 Å². The average molecular weight is 367 g/mol. The number of alkyl halides is 2. The van der Waals surface area contributed by atoms with E-state index in [2.05, 4.69) is 4.74 Å². The van der Waals surface area contributed by atoms with Crippen LogP contribution in [0.25, 0.3) is 0 Å². The van der Waals surface area contributed by atoms with Crippen LogP contribution in [0.5, 0.6) is 5.75 Å². The fourth-order valence-electron chi connectivity index (χ4n) is 2.86. The number of ether oxygens (including phenoxy) is 2. The van der Waals surface area contributed by atoms with Gasteiger partial charge in [-0.3, -0.25) is 4.79 Å². The Balaban J connectivity index is 1.82. The normalized spacial score (nSPS) is 17.0. The van der Waals surface area contributed by atoms with Crippen molar-refractivity contribution in [2.24, 2.45) is 0 Å². The molecule has 2 heterocycles. The highest BCUT2D eigenvalue weighted by atomic mass is 32.1. The van der Waals surface area contributed by atoms with Crippen LogP contribution in [0.2, 0.25) is 0 Å². The van der Waals surface area contributed by atoms with Gasteiger partial charge in [-0.2, -0.15) is 8.78 Å². The number of rotatable bonds is 7. The number of thiophene rings is 1. The van der Waals surface area contributed by atoms with Crippen LogP contribution in [0.1, 0.15) is 28.1 Å². The van der Waals surface area contributed by atoms with Crippen LogP contribution in [-0.4, -0.2) is 36.7 Å². The number of nitrogens with zero attached hydrogens (tertiary/aromatic N) is 1. The van der Waals surface area contributed by atoms with Crippen molar-refractivity contribution in [3.63, 3.8) is 0 Å². The molecule has 3 rings (SSSR count). The second kappa shape index (κ2) is 8.40. The highest BCUT2D eigenvalue weighted by Crippen LogP contribution is 2.25. The van der Waals surface area contributed by atoms with Gasteiger partial charge >= 0.3 is 6.61 Å². The van der Waals surface area contributed by atoms with E-state index in [-0.39, 0.29) is 23.3 Å². The van der Waals surface area contributed by atoms with E-state index in [1.807, 2.05) is 17.5 Å². The van der Waals surface area contributed by atoms with E-state index in [0.717, 1.165) is 17.7 Å². The summed E-state index contributed by atoms with van der Waals surface area (Å²) in [7, 11) is 0.